The number of nitrogens with one attached hydrogen (secondary N) is 1. The van der Waals surface area contributed by atoms with E-state index in [9.17, 15) is 9.90 Å². The highest BCUT2D eigenvalue weighted by Crippen LogP contribution is 2.66. The summed E-state index contributed by atoms with van der Waals surface area (Å²) < 4.78 is 0. The Kier molecular flexibility index (Phi) is 2.02. The summed E-state index contributed by atoms with van der Waals surface area (Å²) >= 11 is 2.09. The van der Waals surface area contributed by atoms with Crippen LogP contribution in [0.1, 0.15) is 32.1 Å². The molecule has 5 aliphatic rings. The first kappa shape index (κ1) is 10.7. The van der Waals surface area contributed by atoms with Gasteiger partial charge in [-0.05, 0) is 49.9 Å². The van der Waals surface area contributed by atoms with Gasteiger partial charge in [0.15, 0.2) is 0 Å². The second kappa shape index (κ2) is 3.21. The van der Waals surface area contributed by atoms with Crippen LogP contribution in [0.25, 0.3) is 0 Å². The maximum Gasteiger partial charge on any atom is 0.309 e. The first-order valence-electron chi connectivity index (χ1n) is 6.77. The molecule has 0 aromatic heterocycles. The highest BCUT2D eigenvalue weighted by atomic mass is 32.2. The minimum absolute atomic E-state index is 0.260. The van der Waals surface area contributed by atoms with Crippen molar-refractivity contribution >= 4 is 17.7 Å². The molecule has 5 rings (SSSR count). The summed E-state index contributed by atoms with van der Waals surface area (Å²) in [5, 5.41) is 13.3. The molecule has 1 heterocycles. The molecule has 2 unspecified atom stereocenters. The zero-order valence-electron chi connectivity index (χ0n) is 9.95. The van der Waals surface area contributed by atoms with Gasteiger partial charge < -0.3 is 10.4 Å². The summed E-state index contributed by atoms with van der Waals surface area (Å²) in [5.74, 6) is 2.60. The van der Waals surface area contributed by atoms with Crippen LogP contribution in [0.15, 0.2) is 0 Å². The molecule has 4 heteroatoms. The Morgan fingerprint density at radius 3 is 2.47 bits per heavy atom. The fourth-order valence-corrected chi connectivity index (χ4v) is 6.85. The van der Waals surface area contributed by atoms with E-state index in [0.717, 1.165) is 25.8 Å². The van der Waals surface area contributed by atoms with E-state index < -0.39 is 5.97 Å². The Morgan fingerprint density at radius 1 is 1.24 bits per heavy atom. The quantitative estimate of drug-likeness (QED) is 0.749. The Morgan fingerprint density at radius 2 is 1.94 bits per heavy atom. The third kappa shape index (κ3) is 1.21. The molecule has 4 saturated carbocycles. The lowest BCUT2D eigenvalue weighted by atomic mass is 9.47. The molecule has 5 fully saturated rings. The molecule has 2 atom stereocenters. The second-order valence-electron chi connectivity index (χ2n) is 6.50. The summed E-state index contributed by atoms with van der Waals surface area (Å²) in [5.41, 5.74) is -0.355. The van der Waals surface area contributed by atoms with E-state index in [0.29, 0.717) is 17.8 Å². The van der Waals surface area contributed by atoms with Crippen molar-refractivity contribution in [1.82, 2.24) is 5.32 Å². The SMILES string of the molecule is O=C(O)C12CC3CC(C1)C1(NCCS1)C(C3)C2. The van der Waals surface area contributed by atoms with Crippen LogP contribution in [0.5, 0.6) is 0 Å². The lowest BCUT2D eigenvalue weighted by Crippen LogP contribution is -2.65. The third-order valence-electron chi connectivity index (χ3n) is 5.70. The molecule has 0 radical (unpaired) electrons. The molecule has 1 aliphatic heterocycles. The molecule has 1 spiro atoms. The van der Waals surface area contributed by atoms with Crippen molar-refractivity contribution in [2.75, 3.05) is 12.3 Å². The number of carboxylic acids is 1. The summed E-state index contributed by atoms with van der Waals surface area (Å²) in [6.45, 7) is 1.11. The smallest absolute Gasteiger partial charge is 0.309 e. The predicted octanol–water partition coefficient (Wildman–Crippen LogP) is 1.93. The summed E-state index contributed by atoms with van der Waals surface area (Å²) in [6, 6.07) is 0. The molecule has 1 saturated heterocycles. The molecule has 0 aromatic carbocycles. The molecule has 17 heavy (non-hydrogen) atoms. The molecule has 4 bridgehead atoms. The number of aliphatic carboxylic acids is 1. The van der Waals surface area contributed by atoms with Crippen molar-refractivity contribution < 1.29 is 9.90 Å². The number of carbonyl (C=O) groups is 1. The standard InChI is InChI=1S/C13H19NO2S/c15-11(16)12-5-8-3-9(6-12)13(10(4-8)7-12)14-1-2-17-13/h8-10,14H,1-7H2,(H,15,16). The molecule has 0 amide bonds. The lowest BCUT2D eigenvalue weighted by Gasteiger charge is -2.62. The first-order valence-corrected chi connectivity index (χ1v) is 7.76. The minimum Gasteiger partial charge on any atom is -0.481 e. The average Bonchev–Trinajstić information content (AvgIpc) is 2.75. The number of hydrogen-bond acceptors (Lipinski definition) is 3. The minimum atomic E-state index is -0.519. The molecule has 3 nitrogen and oxygen atoms in total. The van der Waals surface area contributed by atoms with E-state index >= 15 is 0 Å². The van der Waals surface area contributed by atoms with E-state index in [1.54, 1.807) is 0 Å². The zero-order valence-corrected chi connectivity index (χ0v) is 10.8. The van der Waals surface area contributed by atoms with E-state index in [4.69, 9.17) is 0 Å². The normalized spacial score (nSPS) is 55.6. The van der Waals surface area contributed by atoms with E-state index in [2.05, 4.69) is 17.1 Å². The van der Waals surface area contributed by atoms with Gasteiger partial charge in [-0.25, -0.2) is 0 Å². The van der Waals surface area contributed by atoms with Crippen LogP contribution >= 0.6 is 11.8 Å². The fourth-order valence-electron chi connectivity index (χ4n) is 5.27. The lowest BCUT2D eigenvalue weighted by molar-refractivity contribution is -0.169. The van der Waals surface area contributed by atoms with Crippen molar-refractivity contribution in [3.8, 4) is 0 Å². The largest absolute Gasteiger partial charge is 0.481 e. The summed E-state index contributed by atoms with van der Waals surface area (Å²) in [4.78, 5) is 11.9. The van der Waals surface area contributed by atoms with E-state index in [-0.39, 0.29) is 10.3 Å². The van der Waals surface area contributed by atoms with Gasteiger partial charge in [-0.2, -0.15) is 0 Å². The molecule has 2 N–H and O–H groups in total. The van der Waals surface area contributed by atoms with Crippen molar-refractivity contribution in [3.05, 3.63) is 0 Å². The number of rotatable bonds is 1. The summed E-state index contributed by atoms with van der Waals surface area (Å²) in [6.07, 6.45) is 5.35. The third-order valence-corrected chi connectivity index (χ3v) is 7.40. The van der Waals surface area contributed by atoms with Crippen LogP contribution in [0.2, 0.25) is 0 Å². The average molecular weight is 253 g/mol. The van der Waals surface area contributed by atoms with Gasteiger partial charge in [0.1, 0.15) is 0 Å². The Hall–Kier alpha value is -0.220. The van der Waals surface area contributed by atoms with Gasteiger partial charge in [0, 0.05) is 12.3 Å². The Labute approximate surface area is 106 Å². The molecular weight excluding hydrogens is 234 g/mol. The topological polar surface area (TPSA) is 49.3 Å². The van der Waals surface area contributed by atoms with Gasteiger partial charge in [-0.3, -0.25) is 4.79 Å². The van der Waals surface area contributed by atoms with Crippen LogP contribution in [-0.2, 0) is 4.79 Å². The number of thioether (sulfide) groups is 1. The van der Waals surface area contributed by atoms with E-state index in [1.807, 2.05) is 0 Å². The van der Waals surface area contributed by atoms with Crippen LogP contribution in [-0.4, -0.2) is 28.2 Å². The number of hydrogen-bond donors (Lipinski definition) is 2. The van der Waals surface area contributed by atoms with Crippen LogP contribution in [0.3, 0.4) is 0 Å². The van der Waals surface area contributed by atoms with Crippen LogP contribution in [0, 0.1) is 23.2 Å². The van der Waals surface area contributed by atoms with Crippen molar-refractivity contribution in [2.24, 2.45) is 23.2 Å². The summed E-state index contributed by atoms with van der Waals surface area (Å²) in [7, 11) is 0. The van der Waals surface area contributed by atoms with Gasteiger partial charge >= 0.3 is 5.97 Å². The van der Waals surface area contributed by atoms with E-state index in [1.165, 1.54) is 18.6 Å². The second-order valence-corrected chi connectivity index (χ2v) is 7.87. The molecule has 0 aromatic rings. The highest BCUT2D eigenvalue weighted by Gasteiger charge is 2.65. The molecule has 94 valence electrons. The van der Waals surface area contributed by atoms with Gasteiger partial charge in [0.05, 0.1) is 10.3 Å². The maximum atomic E-state index is 11.6. The van der Waals surface area contributed by atoms with Gasteiger partial charge in [0.25, 0.3) is 0 Å². The van der Waals surface area contributed by atoms with Gasteiger partial charge in [-0.1, -0.05) is 0 Å². The van der Waals surface area contributed by atoms with Gasteiger partial charge in [-0.15, -0.1) is 11.8 Å². The Balaban J connectivity index is 1.74. The van der Waals surface area contributed by atoms with Crippen LogP contribution in [0.4, 0.5) is 0 Å². The van der Waals surface area contributed by atoms with Crippen molar-refractivity contribution in [2.45, 2.75) is 37.0 Å². The van der Waals surface area contributed by atoms with Crippen molar-refractivity contribution in [3.63, 3.8) is 0 Å². The Bertz CT molecular complexity index is 360. The highest BCUT2D eigenvalue weighted by molar-refractivity contribution is 8.00. The monoisotopic (exact) mass is 253 g/mol. The van der Waals surface area contributed by atoms with Crippen LogP contribution < -0.4 is 5.32 Å². The van der Waals surface area contributed by atoms with Crippen molar-refractivity contribution in [1.29, 1.82) is 0 Å². The molecular formula is C13H19NO2S. The maximum absolute atomic E-state index is 11.6. The predicted molar refractivity (Wildman–Crippen MR) is 66.8 cm³/mol. The van der Waals surface area contributed by atoms with Gasteiger partial charge in [0.2, 0.25) is 0 Å². The molecule has 4 aliphatic carbocycles. The number of carboxylic acid groups (broad SMARTS) is 1. The first-order chi connectivity index (χ1) is 8.15. The fraction of sp³-hybridized carbons (Fsp3) is 0.923. The zero-order chi connectivity index (χ0) is 11.7.